The van der Waals surface area contributed by atoms with E-state index in [1.165, 1.54) is 24.8 Å². The molecule has 0 aromatic rings. The molecule has 6 nitrogen and oxygen atoms in total. The highest BCUT2D eigenvalue weighted by atomic mass is 16.5. The smallest absolute Gasteiger partial charge is 0.333 e. The molecule has 1 saturated heterocycles. The van der Waals surface area contributed by atoms with Gasteiger partial charge in [0.15, 0.2) is 0 Å². The maximum absolute atomic E-state index is 11.8. The lowest BCUT2D eigenvalue weighted by Crippen LogP contribution is -2.45. The first kappa shape index (κ1) is 27.3. The van der Waals surface area contributed by atoms with Gasteiger partial charge in [0.1, 0.15) is 18.3 Å². The number of carbonyl (C=O) groups excluding carboxylic acids is 1. The lowest BCUT2D eigenvalue weighted by atomic mass is 9.60. The van der Waals surface area contributed by atoms with E-state index in [9.17, 15) is 15.0 Å². The highest BCUT2D eigenvalue weighted by Gasteiger charge is 2.51. The molecular formula is C30H44O6. The normalized spacial score (nSPS) is 40.1. The average molecular weight is 501 g/mol. The number of carbonyl (C=O) groups is 1. The van der Waals surface area contributed by atoms with Crippen molar-refractivity contribution in [2.45, 2.75) is 96.1 Å². The number of esters is 1. The molecule has 0 amide bonds. The van der Waals surface area contributed by atoms with E-state index in [2.05, 4.69) is 39.2 Å². The molecule has 0 spiro atoms. The molecule has 8 atom stereocenters. The highest BCUT2D eigenvalue weighted by Crippen LogP contribution is 2.60. The average Bonchev–Trinajstić information content (AvgIpc) is 3.35. The van der Waals surface area contributed by atoms with Crippen LogP contribution in [0.15, 0.2) is 47.6 Å². The van der Waals surface area contributed by atoms with Crippen LogP contribution < -0.4 is 0 Å². The summed E-state index contributed by atoms with van der Waals surface area (Å²) < 4.78 is 11.2. The van der Waals surface area contributed by atoms with Gasteiger partial charge in [-0.1, -0.05) is 44.7 Å². The number of allylic oxidation sites excluding steroid dienone is 3. The Bertz CT molecular complexity index is 902. The molecule has 0 bridgehead atoms. The van der Waals surface area contributed by atoms with Gasteiger partial charge in [0.2, 0.25) is 0 Å². The van der Waals surface area contributed by atoms with E-state index >= 15 is 0 Å². The molecule has 0 radical (unpaired) electrons. The second-order valence-corrected chi connectivity index (χ2v) is 11.7. The van der Waals surface area contributed by atoms with Gasteiger partial charge in [-0.05, 0) is 79.3 Å². The van der Waals surface area contributed by atoms with Crippen LogP contribution in [0.5, 0.6) is 0 Å². The van der Waals surface area contributed by atoms with Gasteiger partial charge in [0, 0.05) is 31.6 Å². The fraction of sp³-hybridized carbons (Fsp3) is 0.700. The zero-order valence-corrected chi connectivity index (χ0v) is 22.0. The van der Waals surface area contributed by atoms with Crippen LogP contribution in [0.3, 0.4) is 0 Å². The van der Waals surface area contributed by atoms with Gasteiger partial charge in [-0.25, -0.2) is 4.79 Å². The topological polar surface area (TPSA) is 96.2 Å². The summed E-state index contributed by atoms with van der Waals surface area (Å²) in [4.78, 5) is 11.8. The van der Waals surface area contributed by atoms with Crippen molar-refractivity contribution in [3.8, 4) is 0 Å². The Labute approximate surface area is 215 Å². The number of hydrogen-bond donors (Lipinski definition) is 3. The van der Waals surface area contributed by atoms with E-state index in [4.69, 9.17) is 14.6 Å². The molecule has 0 aromatic heterocycles. The number of rotatable bonds is 8. The van der Waals surface area contributed by atoms with Gasteiger partial charge in [-0.15, -0.1) is 0 Å². The number of cyclic esters (lactones) is 1. The Kier molecular flexibility index (Phi) is 8.60. The third-order valence-corrected chi connectivity index (χ3v) is 9.40. The number of fused-ring (bicyclic) bond motifs is 1. The molecule has 3 N–H and O–H groups in total. The van der Waals surface area contributed by atoms with Crippen molar-refractivity contribution in [2.75, 3.05) is 13.2 Å². The van der Waals surface area contributed by atoms with Gasteiger partial charge < -0.3 is 24.8 Å². The molecule has 4 fully saturated rings. The molecule has 4 rings (SSSR count). The van der Waals surface area contributed by atoms with Gasteiger partial charge in [-0.3, -0.25) is 0 Å². The largest absolute Gasteiger partial charge is 0.459 e. The minimum atomic E-state index is -0.953. The van der Waals surface area contributed by atoms with Gasteiger partial charge >= 0.3 is 5.97 Å². The third-order valence-electron chi connectivity index (χ3n) is 9.40. The van der Waals surface area contributed by atoms with Crippen molar-refractivity contribution in [1.29, 1.82) is 0 Å². The lowest BCUT2D eigenvalue weighted by molar-refractivity contribution is -0.139. The molecule has 0 aromatic carbocycles. The monoisotopic (exact) mass is 500 g/mol. The molecule has 1 aliphatic heterocycles. The van der Waals surface area contributed by atoms with E-state index in [1.54, 1.807) is 0 Å². The SMILES string of the molecule is C=C1C[C@H](C[C@@H](C)[C@H]2CC[C@H]3C(=CC=C4C[C@@H](O)[C@H](OCCCO)[C@H](O)C4=C)CCC[C@]23C)OC1=O. The molecule has 3 saturated carbocycles. The van der Waals surface area contributed by atoms with E-state index in [-0.39, 0.29) is 24.1 Å². The van der Waals surface area contributed by atoms with Gasteiger partial charge in [0.05, 0.1) is 6.10 Å². The summed E-state index contributed by atoms with van der Waals surface area (Å²) in [7, 11) is 0. The first-order valence-corrected chi connectivity index (χ1v) is 13.7. The summed E-state index contributed by atoms with van der Waals surface area (Å²) in [5.41, 5.74) is 3.78. The molecule has 36 heavy (non-hydrogen) atoms. The molecule has 3 aliphatic carbocycles. The van der Waals surface area contributed by atoms with Gasteiger partial charge in [0.25, 0.3) is 0 Å². The second kappa shape index (κ2) is 11.3. The van der Waals surface area contributed by atoms with Crippen LogP contribution in [0.4, 0.5) is 0 Å². The van der Waals surface area contributed by atoms with Crippen LogP contribution in [-0.4, -0.2) is 58.9 Å². The number of ether oxygens (including phenoxy) is 2. The molecule has 200 valence electrons. The zero-order chi connectivity index (χ0) is 26.0. The molecule has 4 aliphatic rings. The van der Waals surface area contributed by atoms with E-state index in [0.29, 0.717) is 54.8 Å². The van der Waals surface area contributed by atoms with E-state index < -0.39 is 18.3 Å². The maximum atomic E-state index is 11.8. The summed E-state index contributed by atoms with van der Waals surface area (Å²) in [5, 5.41) is 30.3. The summed E-state index contributed by atoms with van der Waals surface area (Å²) in [6.45, 7) is 13.0. The fourth-order valence-corrected chi connectivity index (χ4v) is 7.50. The fourth-order valence-electron chi connectivity index (χ4n) is 7.50. The van der Waals surface area contributed by atoms with Crippen LogP contribution in [0, 0.1) is 23.2 Å². The minimum Gasteiger partial charge on any atom is -0.459 e. The van der Waals surface area contributed by atoms with E-state index in [0.717, 1.165) is 24.8 Å². The van der Waals surface area contributed by atoms with Crippen LogP contribution in [0.1, 0.15) is 71.6 Å². The van der Waals surface area contributed by atoms with Crippen molar-refractivity contribution < 1.29 is 29.6 Å². The summed E-state index contributed by atoms with van der Waals surface area (Å²) in [6.07, 6.45) is 10.0. The van der Waals surface area contributed by atoms with Crippen molar-refractivity contribution in [3.05, 3.63) is 47.6 Å². The van der Waals surface area contributed by atoms with Crippen molar-refractivity contribution >= 4 is 5.97 Å². The summed E-state index contributed by atoms with van der Waals surface area (Å²) >= 11 is 0. The zero-order valence-electron chi connectivity index (χ0n) is 22.0. The van der Waals surface area contributed by atoms with Gasteiger partial charge in [-0.2, -0.15) is 0 Å². The Morgan fingerprint density at radius 1 is 1.22 bits per heavy atom. The lowest BCUT2D eigenvalue weighted by Gasteiger charge is -2.44. The molecule has 1 heterocycles. The number of aliphatic hydroxyl groups excluding tert-OH is 3. The first-order valence-electron chi connectivity index (χ1n) is 13.7. The second-order valence-electron chi connectivity index (χ2n) is 11.7. The van der Waals surface area contributed by atoms with Crippen molar-refractivity contribution in [3.63, 3.8) is 0 Å². The van der Waals surface area contributed by atoms with E-state index in [1.807, 2.05) is 0 Å². The summed E-state index contributed by atoms with van der Waals surface area (Å²) in [6, 6.07) is 0. The van der Waals surface area contributed by atoms with Crippen molar-refractivity contribution in [2.24, 2.45) is 23.2 Å². The summed E-state index contributed by atoms with van der Waals surface area (Å²) in [5.74, 6) is 1.36. The van der Waals surface area contributed by atoms with Crippen LogP contribution >= 0.6 is 0 Å². The van der Waals surface area contributed by atoms with Crippen LogP contribution in [-0.2, 0) is 14.3 Å². The number of hydrogen-bond acceptors (Lipinski definition) is 6. The highest BCUT2D eigenvalue weighted by molar-refractivity contribution is 5.89. The third kappa shape index (κ3) is 5.42. The Morgan fingerprint density at radius 3 is 2.69 bits per heavy atom. The Morgan fingerprint density at radius 2 is 2.00 bits per heavy atom. The molecule has 6 heteroatoms. The van der Waals surface area contributed by atoms with Crippen molar-refractivity contribution in [1.82, 2.24) is 0 Å². The minimum absolute atomic E-state index is 0.0160. The predicted molar refractivity (Wildman–Crippen MR) is 139 cm³/mol. The standard InChI is InChI=1S/C30H44O6/c1-18(15-23-16-19(2)29(34)36-23)24-10-11-25-21(7-5-12-30(24,25)4)8-9-22-17-26(32)28(27(33)20(22)3)35-14-6-13-31/h8-9,18,23-28,31-33H,2-3,5-7,10-17H2,1,4H3/t18-,23+,24-,25+,26-,27-,28+,30-/m1/s1. The van der Waals surface area contributed by atoms with Crippen LogP contribution in [0.2, 0.25) is 0 Å². The quantitative estimate of drug-likeness (QED) is 0.260. The maximum Gasteiger partial charge on any atom is 0.333 e. The van der Waals surface area contributed by atoms with Crippen LogP contribution in [0.25, 0.3) is 0 Å². The Balaban J connectivity index is 1.43. The molecular weight excluding hydrogens is 456 g/mol. The number of aliphatic hydroxyl groups is 3. The first-order chi connectivity index (χ1) is 17.2. The predicted octanol–water partition coefficient (Wildman–Crippen LogP) is 4.40. The Hall–Kier alpha value is -1.73. The molecule has 0 unspecified atom stereocenters.